The molecule has 0 aliphatic rings. The predicted molar refractivity (Wildman–Crippen MR) is 125 cm³/mol. The summed E-state index contributed by atoms with van der Waals surface area (Å²) in [6.45, 7) is 2.22. The molecule has 3 aromatic carbocycles. The highest BCUT2D eigenvalue weighted by molar-refractivity contribution is 9.10. The van der Waals surface area contributed by atoms with Gasteiger partial charge in [0, 0.05) is 26.7 Å². The largest absolute Gasteiger partial charge is 0.228 e. The molecule has 0 unspecified atom stereocenters. The predicted octanol–water partition coefficient (Wildman–Crippen LogP) is 7.58. The van der Waals surface area contributed by atoms with E-state index in [9.17, 15) is 0 Å². The average Bonchev–Trinajstić information content (AvgIpc) is 2.79. The number of benzene rings is 3. The van der Waals surface area contributed by atoms with Crippen LogP contribution in [0.5, 0.6) is 0 Å². The van der Waals surface area contributed by atoms with Gasteiger partial charge < -0.3 is 0 Å². The summed E-state index contributed by atoms with van der Waals surface area (Å²) in [7, 11) is 0. The van der Waals surface area contributed by atoms with E-state index in [-0.39, 0.29) is 0 Å². The molecule has 0 radical (unpaired) electrons. The Kier molecular flexibility index (Phi) is 6.16. The topological polar surface area (TPSA) is 25.8 Å². The molecule has 0 fully saturated rings. The smallest absolute Gasteiger partial charge is 0.160 e. The molecule has 1 aromatic heterocycles. The second kappa shape index (κ2) is 9.15. The van der Waals surface area contributed by atoms with Crippen molar-refractivity contribution >= 4 is 15.9 Å². The first-order valence-electron chi connectivity index (χ1n) is 10.0. The molecule has 29 heavy (non-hydrogen) atoms. The molecule has 0 atom stereocenters. The second-order valence-corrected chi connectivity index (χ2v) is 7.98. The second-order valence-electron chi connectivity index (χ2n) is 7.07. The van der Waals surface area contributed by atoms with Crippen LogP contribution in [-0.2, 0) is 6.42 Å². The Morgan fingerprint density at radius 1 is 0.655 bits per heavy atom. The molecular weight excluding hydrogens is 420 g/mol. The number of aromatic nitrogens is 2. The fourth-order valence-electron chi connectivity index (χ4n) is 3.47. The van der Waals surface area contributed by atoms with Crippen LogP contribution < -0.4 is 0 Å². The van der Waals surface area contributed by atoms with Gasteiger partial charge in [-0.25, -0.2) is 9.97 Å². The van der Waals surface area contributed by atoms with Crippen LogP contribution in [0.25, 0.3) is 33.9 Å². The Morgan fingerprint density at radius 2 is 1.17 bits per heavy atom. The molecule has 2 nitrogen and oxygen atoms in total. The minimum absolute atomic E-state index is 0.766. The first-order chi connectivity index (χ1) is 14.3. The zero-order valence-corrected chi connectivity index (χ0v) is 18.1. The van der Waals surface area contributed by atoms with E-state index >= 15 is 0 Å². The molecule has 1 heterocycles. The van der Waals surface area contributed by atoms with E-state index in [1.54, 1.807) is 0 Å². The van der Waals surface area contributed by atoms with Crippen molar-refractivity contribution in [2.45, 2.75) is 26.2 Å². The van der Waals surface area contributed by atoms with Gasteiger partial charge in [0.1, 0.15) is 0 Å². The highest BCUT2D eigenvalue weighted by atomic mass is 79.9. The first kappa shape index (κ1) is 19.5. The molecule has 0 saturated heterocycles. The molecule has 4 aromatic rings. The molecule has 0 aliphatic carbocycles. The number of hydrogen-bond acceptors (Lipinski definition) is 2. The lowest BCUT2D eigenvalue weighted by Crippen LogP contribution is -2.03. The Balaban J connectivity index is 1.99. The number of rotatable bonds is 6. The maximum Gasteiger partial charge on any atom is 0.160 e. The minimum atomic E-state index is 0.766. The third-order valence-electron chi connectivity index (χ3n) is 4.98. The Morgan fingerprint density at radius 3 is 1.72 bits per heavy atom. The summed E-state index contributed by atoms with van der Waals surface area (Å²) in [4.78, 5) is 10.1. The van der Waals surface area contributed by atoms with Crippen molar-refractivity contribution in [2.24, 2.45) is 0 Å². The van der Waals surface area contributed by atoms with Crippen molar-refractivity contribution < 1.29 is 0 Å². The third kappa shape index (κ3) is 4.46. The fourth-order valence-corrected chi connectivity index (χ4v) is 3.74. The van der Waals surface area contributed by atoms with Crippen LogP contribution in [0.2, 0.25) is 0 Å². The highest BCUT2D eigenvalue weighted by Gasteiger charge is 2.18. The third-order valence-corrected chi connectivity index (χ3v) is 5.51. The van der Waals surface area contributed by atoms with E-state index in [0.29, 0.717) is 0 Å². The summed E-state index contributed by atoms with van der Waals surface area (Å²) in [5.41, 5.74) is 6.57. The number of hydrogen-bond donors (Lipinski definition) is 0. The molecule has 0 saturated carbocycles. The SMILES string of the molecule is CCCCc1c(-c2ccccc2)nc(-c2ccccc2)nc1-c1ccc(Br)cc1. The summed E-state index contributed by atoms with van der Waals surface area (Å²) in [6.07, 6.45) is 3.20. The van der Waals surface area contributed by atoms with Gasteiger partial charge in [0.2, 0.25) is 0 Å². The van der Waals surface area contributed by atoms with Crippen molar-refractivity contribution in [1.29, 1.82) is 0 Å². The number of unbranched alkanes of at least 4 members (excludes halogenated alkanes) is 1. The van der Waals surface area contributed by atoms with Crippen molar-refractivity contribution in [1.82, 2.24) is 9.97 Å². The quantitative estimate of drug-likeness (QED) is 0.307. The van der Waals surface area contributed by atoms with E-state index in [4.69, 9.17) is 9.97 Å². The molecule has 0 aliphatic heterocycles. The van der Waals surface area contributed by atoms with Crippen LogP contribution >= 0.6 is 15.9 Å². The summed E-state index contributed by atoms with van der Waals surface area (Å²) < 4.78 is 1.07. The monoisotopic (exact) mass is 442 g/mol. The highest BCUT2D eigenvalue weighted by Crippen LogP contribution is 2.34. The molecular formula is C26H23BrN2. The normalized spacial score (nSPS) is 10.8. The lowest BCUT2D eigenvalue weighted by Gasteiger charge is -2.16. The van der Waals surface area contributed by atoms with Gasteiger partial charge in [-0.3, -0.25) is 0 Å². The summed E-state index contributed by atoms with van der Waals surface area (Å²) in [5, 5.41) is 0. The fraction of sp³-hybridized carbons (Fsp3) is 0.154. The van der Waals surface area contributed by atoms with Crippen LogP contribution in [0.15, 0.2) is 89.4 Å². The van der Waals surface area contributed by atoms with Crippen LogP contribution in [0.1, 0.15) is 25.3 Å². The summed E-state index contributed by atoms with van der Waals surface area (Å²) in [5.74, 6) is 0.766. The van der Waals surface area contributed by atoms with Gasteiger partial charge in [-0.2, -0.15) is 0 Å². The zero-order chi connectivity index (χ0) is 20.1. The van der Waals surface area contributed by atoms with Crippen molar-refractivity contribution in [3.05, 3.63) is 95.0 Å². The summed E-state index contributed by atoms with van der Waals surface area (Å²) in [6, 6.07) is 29.1. The maximum atomic E-state index is 5.06. The Bertz CT molecular complexity index is 1070. The Labute approximate surface area is 180 Å². The van der Waals surface area contributed by atoms with E-state index in [1.807, 2.05) is 24.3 Å². The summed E-state index contributed by atoms with van der Waals surface area (Å²) >= 11 is 3.55. The van der Waals surface area contributed by atoms with Crippen LogP contribution in [-0.4, -0.2) is 9.97 Å². The van der Waals surface area contributed by atoms with E-state index < -0.39 is 0 Å². The van der Waals surface area contributed by atoms with Gasteiger partial charge in [-0.1, -0.05) is 102 Å². The lowest BCUT2D eigenvalue weighted by atomic mass is 9.95. The maximum absolute atomic E-state index is 5.06. The van der Waals surface area contributed by atoms with Crippen LogP contribution in [0, 0.1) is 0 Å². The zero-order valence-electron chi connectivity index (χ0n) is 16.5. The van der Waals surface area contributed by atoms with E-state index in [1.165, 1.54) is 5.56 Å². The molecule has 0 amide bonds. The molecule has 0 bridgehead atoms. The van der Waals surface area contributed by atoms with Gasteiger partial charge in [0.05, 0.1) is 11.4 Å². The van der Waals surface area contributed by atoms with Gasteiger partial charge in [0.25, 0.3) is 0 Å². The lowest BCUT2D eigenvalue weighted by molar-refractivity contribution is 0.791. The number of nitrogens with zero attached hydrogens (tertiary/aromatic N) is 2. The van der Waals surface area contributed by atoms with Crippen molar-refractivity contribution in [2.75, 3.05) is 0 Å². The molecule has 0 N–H and O–H groups in total. The average molecular weight is 443 g/mol. The minimum Gasteiger partial charge on any atom is -0.228 e. The van der Waals surface area contributed by atoms with Gasteiger partial charge >= 0.3 is 0 Å². The van der Waals surface area contributed by atoms with Crippen molar-refractivity contribution in [3.8, 4) is 33.9 Å². The first-order valence-corrected chi connectivity index (χ1v) is 10.8. The van der Waals surface area contributed by atoms with Gasteiger partial charge in [-0.15, -0.1) is 0 Å². The van der Waals surface area contributed by atoms with Crippen LogP contribution in [0.4, 0.5) is 0 Å². The molecule has 3 heteroatoms. The van der Waals surface area contributed by atoms with Gasteiger partial charge in [-0.05, 0) is 25.0 Å². The van der Waals surface area contributed by atoms with Crippen molar-refractivity contribution in [3.63, 3.8) is 0 Å². The Hall–Kier alpha value is -2.78. The van der Waals surface area contributed by atoms with Crippen LogP contribution in [0.3, 0.4) is 0 Å². The molecule has 144 valence electrons. The number of halogens is 1. The molecule has 4 rings (SSSR count). The van der Waals surface area contributed by atoms with E-state index in [2.05, 4.69) is 83.5 Å². The standard InChI is InChI=1S/C26H23BrN2/c1-2-3-14-23-24(19-10-6-4-7-11-19)28-26(21-12-8-5-9-13-21)29-25(23)20-15-17-22(27)18-16-20/h4-13,15-18H,2-3,14H2,1H3. The molecule has 0 spiro atoms. The van der Waals surface area contributed by atoms with E-state index in [0.717, 1.165) is 57.6 Å². The van der Waals surface area contributed by atoms with Gasteiger partial charge in [0.15, 0.2) is 5.82 Å².